The lowest BCUT2D eigenvalue weighted by molar-refractivity contribution is -0.153. The Bertz CT molecular complexity index is 1290. The summed E-state index contributed by atoms with van der Waals surface area (Å²) in [5, 5.41) is 5.92. The highest BCUT2D eigenvalue weighted by Gasteiger charge is 2.31. The lowest BCUT2D eigenvalue weighted by Gasteiger charge is -2.09. The summed E-state index contributed by atoms with van der Waals surface area (Å²) in [6.45, 7) is -0.358. The van der Waals surface area contributed by atoms with Crippen molar-refractivity contribution in [2.75, 3.05) is 12.4 Å². The summed E-state index contributed by atoms with van der Waals surface area (Å²) < 4.78 is 53.0. The molecule has 1 amide bonds. The van der Waals surface area contributed by atoms with Gasteiger partial charge in [-0.2, -0.15) is 13.2 Å². The molecule has 0 atom stereocenters. The van der Waals surface area contributed by atoms with E-state index >= 15 is 0 Å². The van der Waals surface area contributed by atoms with Gasteiger partial charge in [-0.1, -0.05) is 0 Å². The van der Waals surface area contributed by atoms with Crippen molar-refractivity contribution in [2.45, 2.75) is 19.1 Å². The minimum atomic E-state index is -4.62. The van der Waals surface area contributed by atoms with E-state index in [1.807, 2.05) is 17.7 Å². The Balaban J connectivity index is 1.68. The van der Waals surface area contributed by atoms with Crippen LogP contribution in [0.25, 0.3) is 33.3 Å². The number of pyridine rings is 1. The zero-order valence-electron chi connectivity index (χ0n) is 16.6. The van der Waals surface area contributed by atoms with Crippen molar-refractivity contribution >= 4 is 33.8 Å². The number of H-pyrrole nitrogens is 1. The van der Waals surface area contributed by atoms with Gasteiger partial charge in [0.25, 0.3) is 0 Å². The van der Waals surface area contributed by atoms with Crippen LogP contribution >= 0.6 is 0 Å². The third kappa shape index (κ3) is 4.03. The van der Waals surface area contributed by atoms with Crippen LogP contribution in [0.2, 0.25) is 0 Å². The molecule has 0 fully saturated rings. The normalized spacial score (nSPS) is 11.9. The Labute approximate surface area is 173 Å². The molecule has 0 aliphatic carbocycles. The number of hydrogen-bond acceptors (Lipinski definition) is 4. The molecule has 3 aromatic heterocycles. The summed E-state index contributed by atoms with van der Waals surface area (Å²) in [7, 11) is 3.60. The summed E-state index contributed by atoms with van der Waals surface area (Å²) in [5.74, 6) is -1.24. The average molecular weight is 434 g/mol. The Hall–Kier alpha value is -3.63. The second-order valence-corrected chi connectivity index (χ2v) is 7.08. The number of alkyl halides is 3. The molecular weight excluding hydrogens is 416 g/mol. The van der Waals surface area contributed by atoms with Crippen LogP contribution in [0.3, 0.4) is 0 Å². The van der Waals surface area contributed by atoms with Crippen molar-refractivity contribution in [3.8, 4) is 11.3 Å². The van der Waals surface area contributed by atoms with Crippen molar-refractivity contribution in [2.24, 2.45) is 7.05 Å². The molecule has 0 saturated carbocycles. The standard InChI is InChI=1S/C20H18F4N6O/c1-25-19-16-17(30(2)9-27-16)12-6-14(28-18(12)29-19)10-3-4-13(21)11(5-10)8-26-15(31)7-20(22,23)24/h3-6,9H,7-8H2,1-2H3,(H,26,31)(H2,25,28,29). The number of carbonyl (C=O) groups excluding carboxylic acids is 1. The van der Waals surface area contributed by atoms with E-state index in [0.29, 0.717) is 28.2 Å². The van der Waals surface area contributed by atoms with Crippen LogP contribution in [0, 0.1) is 5.82 Å². The summed E-state index contributed by atoms with van der Waals surface area (Å²) in [4.78, 5) is 23.5. The predicted octanol–water partition coefficient (Wildman–Crippen LogP) is 3.87. The topological polar surface area (TPSA) is 87.6 Å². The third-order valence-electron chi connectivity index (χ3n) is 4.87. The Morgan fingerprint density at radius 1 is 1.26 bits per heavy atom. The minimum Gasteiger partial charge on any atom is -0.371 e. The largest absolute Gasteiger partial charge is 0.397 e. The highest BCUT2D eigenvalue weighted by atomic mass is 19.4. The van der Waals surface area contributed by atoms with Crippen molar-refractivity contribution < 1.29 is 22.4 Å². The van der Waals surface area contributed by atoms with Crippen molar-refractivity contribution in [1.82, 2.24) is 24.8 Å². The molecule has 0 aliphatic rings. The number of nitrogens with one attached hydrogen (secondary N) is 3. The fraction of sp³-hybridized carbons (Fsp3) is 0.250. The lowest BCUT2D eigenvalue weighted by atomic mass is 10.1. The lowest BCUT2D eigenvalue weighted by Crippen LogP contribution is -2.28. The third-order valence-corrected chi connectivity index (χ3v) is 4.87. The van der Waals surface area contributed by atoms with E-state index in [2.05, 4.69) is 25.6 Å². The van der Waals surface area contributed by atoms with E-state index in [-0.39, 0.29) is 12.1 Å². The fourth-order valence-corrected chi connectivity index (χ4v) is 3.44. The van der Waals surface area contributed by atoms with Crippen LogP contribution < -0.4 is 10.6 Å². The van der Waals surface area contributed by atoms with Crippen LogP contribution in [-0.4, -0.2) is 38.7 Å². The van der Waals surface area contributed by atoms with Gasteiger partial charge in [0.1, 0.15) is 23.4 Å². The molecule has 3 heterocycles. The van der Waals surface area contributed by atoms with E-state index < -0.39 is 24.3 Å². The summed E-state index contributed by atoms with van der Waals surface area (Å²) in [6.07, 6.45) is -4.55. The zero-order chi connectivity index (χ0) is 22.3. The van der Waals surface area contributed by atoms with E-state index in [4.69, 9.17) is 0 Å². The number of halogens is 4. The van der Waals surface area contributed by atoms with Gasteiger partial charge in [0.05, 0.1) is 11.8 Å². The van der Waals surface area contributed by atoms with E-state index in [9.17, 15) is 22.4 Å². The molecule has 0 saturated heterocycles. The molecule has 0 radical (unpaired) electrons. The maximum atomic E-state index is 14.2. The van der Waals surface area contributed by atoms with Gasteiger partial charge < -0.3 is 20.2 Å². The number of anilines is 1. The van der Waals surface area contributed by atoms with Gasteiger partial charge in [0, 0.05) is 37.3 Å². The second-order valence-electron chi connectivity index (χ2n) is 7.08. The number of benzene rings is 1. The number of aromatic nitrogens is 4. The van der Waals surface area contributed by atoms with Gasteiger partial charge in [0.2, 0.25) is 5.91 Å². The number of amides is 1. The Morgan fingerprint density at radius 3 is 2.74 bits per heavy atom. The van der Waals surface area contributed by atoms with E-state index in [0.717, 1.165) is 10.9 Å². The Kier molecular flexibility index (Phi) is 5.03. The molecule has 4 rings (SSSR count). The molecule has 3 N–H and O–H groups in total. The maximum Gasteiger partial charge on any atom is 0.397 e. The summed E-state index contributed by atoms with van der Waals surface area (Å²) in [5.41, 5.74) is 3.47. The average Bonchev–Trinajstić information content (AvgIpc) is 3.29. The number of nitrogens with zero attached hydrogens (tertiary/aromatic N) is 3. The van der Waals surface area contributed by atoms with Gasteiger partial charge in [-0.05, 0) is 29.8 Å². The van der Waals surface area contributed by atoms with Crippen molar-refractivity contribution in [3.63, 3.8) is 0 Å². The van der Waals surface area contributed by atoms with E-state index in [1.54, 1.807) is 19.4 Å². The van der Waals surface area contributed by atoms with E-state index in [1.165, 1.54) is 12.1 Å². The van der Waals surface area contributed by atoms with Gasteiger partial charge in [-0.3, -0.25) is 4.79 Å². The number of rotatable bonds is 5. The molecular formula is C20H18F4N6O. The fourth-order valence-electron chi connectivity index (χ4n) is 3.44. The number of carbonyl (C=O) groups is 1. The Morgan fingerprint density at radius 2 is 2.03 bits per heavy atom. The maximum absolute atomic E-state index is 14.2. The molecule has 1 aromatic carbocycles. The number of aromatic amines is 1. The second kappa shape index (κ2) is 7.56. The SMILES string of the molecule is CNc1nc2[nH]c(-c3ccc(F)c(CNC(=O)CC(F)(F)F)c3)cc2c2c1ncn2C. The number of imidazole rings is 1. The van der Waals surface area contributed by atoms with Gasteiger partial charge in [0.15, 0.2) is 5.82 Å². The number of fused-ring (bicyclic) bond motifs is 3. The number of aryl methyl sites for hydroxylation is 1. The molecule has 4 aromatic rings. The summed E-state index contributed by atoms with van der Waals surface area (Å²) >= 11 is 0. The minimum absolute atomic E-state index is 0.0706. The highest BCUT2D eigenvalue weighted by molar-refractivity contribution is 6.07. The first-order valence-corrected chi connectivity index (χ1v) is 9.30. The highest BCUT2D eigenvalue weighted by Crippen LogP contribution is 2.32. The van der Waals surface area contributed by atoms with Crippen molar-refractivity contribution in [1.29, 1.82) is 0 Å². The summed E-state index contributed by atoms with van der Waals surface area (Å²) in [6, 6.07) is 6.08. The van der Waals surface area contributed by atoms with Gasteiger partial charge in [-0.15, -0.1) is 0 Å². The van der Waals surface area contributed by atoms with Gasteiger partial charge in [-0.25, -0.2) is 14.4 Å². The van der Waals surface area contributed by atoms with Gasteiger partial charge >= 0.3 is 6.18 Å². The monoisotopic (exact) mass is 434 g/mol. The van der Waals surface area contributed by atoms with Crippen LogP contribution in [-0.2, 0) is 18.4 Å². The first kappa shape index (κ1) is 20.6. The molecule has 31 heavy (non-hydrogen) atoms. The molecule has 0 aliphatic heterocycles. The first-order valence-electron chi connectivity index (χ1n) is 9.30. The van der Waals surface area contributed by atoms with Crippen molar-refractivity contribution in [3.05, 3.63) is 42.0 Å². The smallest absolute Gasteiger partial charge is 0.371 e. The quantitative estimate of drug-likeness (QED) is 0.416. The van der Waals surface area contributed by atoms with Crippen LogP contribution in [0.4, 0.5) is 23.4 Å². The molecule has 0 bridgehead atoms. The van der Waals surface area contributed by atoms with Crippen LogP contribution in [0.5, 0.6) is 0 Å². The molecule has 162 valence electrons. The predicted molar refractivity (Wildman–Crippen MR) is 108 cm³/mol. The van der Waals surface area contributed by atoms with Crippen LogP contribution in [0.1, 0.15) is 12.0 Å². The molecule has 0 spiro atoms. The zero-order valence-corrected chi connectivity index (χ0v) is 16.6. The van der Waals surface area contributed by atoms with Crippen LogP contribution in [0.15, 0.2) is 30.6 Å². The molecule has 7 nitrogen and oxygen atoms in total. The molecule has 11 heteroatoms. The molecule has 0 unspecified atom stereocenters. The first-order chi connectivity index (χ1) is 14.7. The number of hydrogen-bond donors (Lipinski definition) is 3.